The van der Waals surface area contributed by atoms with Crippen molar-refractivity contribution in [2.24, 2.45) is 7.05 Å². The third kappa shape index (κ3) is 4.29. The number of amides is 1. The lowest BCUT2D eigenvalue weighted by Gasteiger charge is -2.33. The monoisotopic (exact) mass is 366 g/mol. The number of aromatic nitrogens is 2. The summed E-state index contributed by atoms with van der Waals surface area (Å²) in [4.78, 5) is 14.6. The van der Waals surface area contributed by atoms with E-state index in [0.717, 1.165) is 38.0 Å². The molecule has 24 heavy (non-hydrogen) atoms. The zero-order chi connectivity index (χ0) is 17.1. The average Bonchev–Trinajstić information content (AvgIpc) is 2.98. The van der Waals surface area contributed by atoms with E-state index in [4.69, 9.17) is 23.2 Å². The number of nitrogens with zero attached hydrogens (tertiary/aromatic N) is 3. The van der Waals surface area contributed by atoms with Crippen LogP contribution in [0, 0.1) is 0 Å². The molecule has 1 amide bonds. The predicted molar refractivity (Wildman–Crippen MR) is 95.4 cm³/mol. The molecule has 1 aromatic heterocycles. The van der Waals surface area contributed by atoms with Gasteiger partial charge in [-0.3, -0.25) is 14.4 Å². The Hall–Kier alpha value is -1.56. The fourth-order valence-electron chi connectivity index (χ4n) is 3.02. The van der Waals surface area contributed by atoms with Gasteiger partial charge in [-0.2, -0.15) is 5.10 Å². The minimum atomic E-state index is -0.0653. The van der Waals surface area contributed by atoms with Crippen LogP contribution in [-0.2, 0) is 13.6 Å². The van der Waals surface area contributed by atoms with Crippen LogP contribution in [0.3, 0.4) is 0 Å². The number of halogens is 2. The van der Waals surface area contributed by atoms with Gasteiger partial charge in [0.05, 0.1) is 21.8 Å². The molecule has 1 N–H and O–H groups in total. The van der Waals surface area contributed by atoms with E-state index in [0.29, 0.717) is 15.6 Å². The quantitative estimate of drug-likeness (QED) is 0.904. The zero-order valence-electron chi connectivity index (χ0n) is 13.5. The highest BCUT2D eigenvalue weighted by Gasteiger charge is 2.22. The van der Waals surface area contributed by atoms with Crippen molar-refractivity contribution in [2.75, 3.05) is 13.1 Å². The largest absolute Gasteiger partial charge is 0.348 e. The fraction of sp³-hybridized carbons (Fsp3) is 0.412. The van der Waals surface area contributed by atoms with Crippen molar-refractivity contribution in [1.29, 1.82) is 0 Å². The van der Waals surface area contributed by atoms with Gasteiger partial charge in [0.15, 0.2) is 0 Å². The molecule has 0 bridgehead atoms. The molecule has 1 fully saturated rings. The number of likely N-dealkylation sites (tertiary alicyclic amines) is 1. The Morgan fingerprint density at radius 3 is 2.92 bits per heavy atom. The molecule has 0 spiro atoms. The topological polar surface area (TPSA) is 50.2 Å². The smallest absolute Gasteiger partial charge is 0.254 e. The third-order valence-electron chi connectivity index (χ3n) is 4.20. The Labute approximate surface area is 151 Å². The van der Waals surface area contributed by atoms with Crippen molar-refractivity contribution in [3.8, 4) is 0 Å². The molecular formula is C17H20Cl2N4O. The van der Waals surface area contributed by atoms with Gasteiger partial charge in [-0.25, -0.2) is 0 Å². The minimum absolute atomic E-state index is 0.0653. The van der Waals surface area contributed by atoms with Gasteiger partial charge in [-0.05, 0) is 37.1 Å². The number of carbonyl (C=O) groups is 1. The summed E-state index contributed by atoms with van der Waals surface area (Å²) in [6, 6.07) is 5.87. The molecule has 1 atom stereocenters. The van der Waals surface area contributed by atoms with Gasteiger partial charge in [0.25, 0.3) is 5.91 Å². The molecule has 2 heterocycles. The van der Waals surface area contributed by atoms with Gasteiger partial charge in [0.2, 0.25) is 0 Å². The van der Waals surface area contributed by atoms with Gasteiger partial charge in [-0.1, -0.05) is 29.3 Å². The minimum Gasteiger partial charge on any atom is -0.348 e. The Balaban J connectivity index is 1.57. The number of carbonyl (C=O) groups excluding carboxylic acids is 1. The van der Waals surface area contributed by atoms with Gasteiger partial charge < -0.3 is 5.32 Å². The summed E-state index contributed by atoms with van der Waals surface area (Å²) in [5.41, 5.74) is 1.72. The third-order valence-corrected chi connectivity index (χ3v) is 4.94. The highest BCUT2D eigenvalue weighted by Crippen LogP contribution is 2.24. The maximum atomic E-state index is 12.3. The molecular weight excluding hydrogens is 347 g/mol. The number of hydrogen-bond donors (Lipinski definition) is 1. The predicted octanol–water partition coefficient (Wildman–Crippen LogP) is 3.12. The SMILES string of the molecule is Cn1cc(C(=O)NC2CCCN(Cc3ccc(Cl)c(Cl)c3)C2)cn1. The second-order valence-corrected chi connectivity index (χ2v) is 7.01. The molecule has 1 saturated heterocycles. The van der Waals surface area contributed by atoms with E-state index in [1.165, 1.54) is 0 Å². The average molecular weight is 367 g/mol. The summed E-state index contributed by atoms with van der Waals surface area (Å²) in [7, 11) is 1.80. The van der Waals surface area contributed by atoms with Crippen LogP contribution in [0.25, 0.3) is 0 Å². The highest BCUT2D eigenvalue weighted by atomic mass is 35.5. The first kappa shape index (κ1) is 17.3. The van der Waals surface area contributed by atoms with Crippen LogP contribution >= 0.6 is 23.2 Å². The van der Waals surface area contributed by atoms with Crippen LogP contribution in [0.1, 0.15) is 28.8 Å². The summed E-state index contributed by atoms with van der Waals surface area (Å²) in [6.07, 6.45) is 5.36. The van der Waals surface area contributed by atoms with Crippen molar-refractivity contribution in [2.45, 2.75) is 25.4 Å². The summed E-state index contributed by atoms with van der Waals surface area (Å²) < 4.78 is 1.63. The number of rotatable bonds is 4. The lowest BCUT2D eigenvalue weighted by atomic mass is 10.0. The number of piperidine rings is 1. The summed E-state index contributed by atoms with van der Waals surface area (Å²) in [5.74, 6) is -0.0653. The number of aryl methyl sites for hydroxylation is 1. The van der Waals surface area contributed by atoms with Crippen LogP contribution in [-0.4, -0.2) is 39.7 Å². The molecule has 0 aliphatic carbocycles. The normalized spacial score (nSPS) is 18.5. The van der Waals surface area contributed by atoms with Crippen molar-refractivity contribution in [1.82, 2.24) is 20.0 Å². The van der Waals surface area contributed by atoms with Crippen LogP contribution < -0.4 is 5.32 Å². The van der Waals surface area contributed by atoms with E-state index in [1.54, 1.807) is 24.1 Å². The first-order valence-corrected chi connectivity index (χ1v) is 8.72. The standard InChI is InChI=1S/C17H20Cl2N4O/c1-22-10-13(8-20-22)17(24)21-14-3-2-6-23(11-14)9-12-4-5-15(18)16(19)7-12/h4-5,7-8,10,14H,2-3,6,9,11H2,1H3,(H,21,24). The van der Waals surface area contributed by atoms with E-state index in [1.807, 2.05) is 18.2 Å². The van der Waals surface area contributed by atoms with Crippen molar-refractivity contribution < 1.29 is 4.79 Å². The van der Waals surface area contributed by atoms with Crippen molar-refractivity contribution in [3.63, 3.8) is 0 Å². The van der Waals surface area contributed by atoms with Gasteiger partial charge in [-0.15, -0.1) is 0 Å². The van der Waals surface area contributed by atoms with Crippen molar-refractivity contribution in [3.05, 3.63) is 51.8 Å². The Kier molecular flexibility index (Phi) is 5.43. The molecule has 1 aliphatic rings. The molecule has 128 valence electrons. The second-order valence-electron chi connectivity index (χ2n) is 6.20. The number of hydrogen-bond acceptors (Lipinski definition) is 3. The lowest BCUT2D eigenvalue weighted by Crippen LogP contribution is -2.47. The van der Waals surface area contributed by atoms with Gasteiger partial charge in [0, 0.05) is 32.4 Å². The number of nitrogens with one attached hydrogen (secondary N) is 1. The van der Waals surface area contributed by atoms with E-state index in [2.05, 4.69) is 15.3 Å². The maximum Gasteiger partial charge on any atom is 0.254 e. The van der Waals surface area contributed by atoms with Crippen LogP contribution in [0.4, 0.5) is 0 Å². The van der Waals surface area contributed by atoms with Crippen LogP contribution in [0.5, 0.6) is 0 Å². The Morgan fingerprint density at radius 2 is 2.21 bits per heavy atom. The first-order valence-electron chi connectivity index (χ1n) is 7.97. The molecule has 5 nitrogen and oxygen atoms in total. The van der Waals surface area contributed by atoms with Gasteiger partial charge in [0.1, 0.15) is 0 Å². The van der Waals surface area contributed by atoms with E-state index in [9.17, 15) is 4.79 Å². The van der Waals surface area contributed by atoms with E-state index >= 15 is 0 Å². The molecule has 1 aliphatic heterocycles. The van der Waals surface area contributed by atoms with E-state index < -0.39 is 0 Å². The molecule has 2 aromatic rings. The van der Waals surface area contributed by atoms with Crippen LogP contribution in [0.2, 0.25) is 10.0 Å². The molecule has 1 unspecified atom stereocenters. The van der Waals surface area contributed by atoms with E-state index in [-0.39, 0.29) is 11.9 Å². The highest BCUT2D eigenvalue weighted by molar-refractivity contribution is 6.42. The molecule has 1 aromatic carbocycles. The number of benzene rings is 1. The molecule has 3 rings (SSSR count). The summed E-state index contributed by atoms with van der Waals surface area (Å²) >= 11 is 12.0. The summed E-state index contributed by atoms with van der Waals surface area (Å²) in [5, 5.41) is 8.29. The Morgan fingerprint density at radius 1 is 1.38 bits per heavy atom. The second kappa shape index (κ2) is 7.55. The fourth-order valence-corrected chi connectivity index (χ4v) is 3.34. The van der Waals surface area contributed by atoms with Crippen LogP contribution in [0.15, 0.2) is 30.6 Å². The first-order chi connectivity index (χ1) is 11.5. The molecule has 0 saturated carbocycles. The maximum absolute atomic E-state index is 12.3. The zero-order valence-corrected chi connectivity index (χ0v) is 15.0. The molecule has 0 radical (unpaired) electrons. The van der Waals surface area contributed by atoms with Crippen molar-refractivity contribution >= 4 is 29.1 Å². The summed E-state index contributed by atoms with van der Waals surface area (Å²) in [6.45, 7) is 2.64. The molecule has 7 heteroatoms. The lowest BCUT2D eigenvalue weighted by molar-refractivity contribution is 0.0900. The Bertz CT molecular complexity index is 731. The van der Waals surface area contributed by atoms with Gasteiger partial charge >= 0.3 is 0 Å².